The molecule has 140 valence electrons. The Balaban J connectivity index is 1.96. The first-order chi connectivity index (χ1) is 14.9. The highest BCUT2D eigenvalue weighted by molar-refractivity contribution is 6.32. The lowest BCUT2D eigenvalue weighted by Crippen LogP contribution is -2.29. The van der Waals surface area contributed by atoms with E-state index in [-0.39, 0.29) is 0 Å². The Morgan fingerprint density at radius 3 is 2.30 bits per heavy atom. The van der Waals surface area contributed by atoms with Gasteiger partial charge in [0.25, 0.3) is 0 Å². The molecule has 0 spiro atoms. The van der Waals surface area contributed by atoms with Crippen LogP contribution in [0.4, 0.5) is 0 Å². The Hall–Kier alpha value is -3.92. The van der Waals surface area contributed by atoms with Crippen LogP contribution in [0.25, 0.3) is 60.6 Å². The van der Waals surface area contributed by atoms with Crippen molar-refractivity contribution in [2.24, 2.45) is 4.99 Å². The van der Waals surface area contributed by atoms with Crippen LogP contribution in [0.3, 0.4) is 0 Å². The third-order valence-electron chi connectivity index (χ3n) is 6.75. The summed E-state index contributed by atoms with van der Waals surface area (Å²) in [5.41, 5.74) is 7.16. The summed E-state index contributed by atoms with van der Waals surface area (Å²) in [6.07, 6.45) is 7.28. The van der Waals surface area contributed by atoms with Crippen molar-refractivity contribution >= 4 is 60.6 Å². The zero-order valence-corrected chi connectivity index (χ0v) is 16.1. The molecule has 1 aliphatic rings. The lowest BCUT2D eigenvalue weighted by Gasteiger charge is -2.12. The molecule has 0 fully saturated rings. The van der Waals surface area contributed by atoms with E-state index in [1.54, 1.807) is 0 Å². The zero-order chi connectivity index (χ0) is 19.4. The van der Waals surface area contributed by atoms with Gasteiger partial charge in [0, 0.05) is 34.1 Å². The highest BCUT2D eigenvalue weighted by Gasteiger charge is 2.24. The van der Waals surface area contributed by atoms with Gasteiger partial charge in [0.2, 0.25) is 0 Å². The summed E-state index contributed by atoms with van der Waals surface area (Å²) in [6.45, 7) is 0.847. The molecule has 4 aromatic heterocycles. The van der Waals surface area contributed by atoms with E-state index in [2.05, 4.69) is 74.5 Å². The van der Waals surface area contributed by atoms with Crippen molar-refractivity contribution < 1.29 is 0 Å². The van der Waals surface area contributed by atoms with Gasteiger partial charge in [0.1, 0.15) is 5.49 Å². The van der Waals surface area contributed by atoms with Crippen LogP contribution in [0.15, 0.2) is 72.0 Å². The second-order valence-corrected chi connectivity index (χ2v) is 8.16. The maximum atomic E-state index is 5.01. The van der Waals surface area contributed by atoms with Gasteiger partial charge in [-0.15, -0.1) is 0 Å². The van der Waals surface area contributed by atoms with Gasteiger partial charge in [-0.25, -0.2) is 0 Å². The number of aromatic nitrogens is 3. The number of nitrogens with zero attached hydrogens (tertiary/aromatic N) is 4. The van der Waals surface area contributed by atoms with E-state index in [1.807, 2.05) is 12.4 Å². The molecule has 0 N–H and O–H groups in total. The largest absolute Gasteiger partial charge is 0.303 e. The van der Waals surface area contributed by atoms with E-state index < -0.39 is 0 Å². The van der Waals surface area contributed by atoms with Gasteiger partial charge in [0.15, 0.2) is 0 Å². The maximum absolute atomic E-state index is 5.01. The van der Waals surface area contributed by atoms with Crippen molar-refractivity contribution in [2.45, 2.75) is 6.42 Å². The van der Waals surface area contributed by atoms with Crippen LogP contribution >= 0.6 is 0 Å². The SMILES string of the molecule is C1=c2c(n3c4ccccc4n4c5cnccc5c5c6ccccc6c2c3c54)=NCC1. The van der Waals surface area contributed by atoms with Crippen molar-refractivity contribution in [3.63, 3.8) is 0 Å². The first-order valence-electron chi connectivity index (χ1n) is 10.4. The molecule has 4 nitrogen and oxygen atoms in total. The van der Waals surface area contributed by atoms with Crippen molar-refractivity contribution in [1.82, 2.24) is 13.8 Å². The number of pyridine rings is 1. The Morgan fingerprint density at radius 2 is 1.43 bits per heavy atom. The Morgan fingerprint density at radius 1 is 0.700 bits per heavy atom. The standard InChI is InChI=1S/C26H16N4/c1-2-7-16-15(6-1)22-17-11-13-27-14-21(17)29-19-9-3-4-10-20(19)30-25(24(22)29)23(16)18-8-5-12-28-26(18)30/h1-4,6-11,13-14H,5,12H2. The molecule has 8 rings (SSSR count). The van der Waals surface area contributed by atoms with Crippen molar-refractivity contribution in [3.8, 4) is 0 Å². The molecule has 0 saturated heterocycles. The molecule has 0 unspecified atom stereocenters. The third kappa shape index (κ3) is 1.51. The summed E-state index contributed by atoms with van der Waals surface area (Å²) in [5, 5.41) is 7.76. The third-order valence-corrected chi connectivity index (χ3v) is 6.75. The number of benzene rings is 3. The quantitative estimate of drug-likeness (QED) is 0.356. The van der Waals surface area contributed by atoms with Crippen LogP contribution in [-0.4, -0.2) is 20.3 Å². The van der Waals surface area contributed by atoms with Gasteiger partial charge in [-0.1, -0.05) is 42.5 Å². The Labute approximate surface area is 170 Å². The Kier molecular flexibility index (Phi) is 2.48. The zero-order valence-electron chi connectivity index (χ0n) is 16.1. The fourth-order valence-electron chi connectivity index (χ4n) is 5.68. The Bertz CT molecular complexity index is 1810. The second-order valence-electron chi connectivity index (χ2n) is 8.16. The van der Waals surface area contributed by atoms with Crippen molar-refractivity contribution in [3.05, 3.63) is 77.7 Å². The van der Waals surface area contributed by atoms with Gasteiger partial charge in [-0.2, -0.15) is 0 Å². The minimum Gasteiger partial charge on any atom is -0.303 e. The van der Waals surface area contributed by atoms with E-state index in [1.165, 1.54) is 54.2 Å². The molecule has 3 aromatic carbocycles. The number of hydrogen-bond donors (Lipinski definition) is 0. The minimum absolute atomic E-state index is 0.847. The summed E-state index contributed by atoms with van der Waals surface area (Å²) in [5.74, 6) is 0. The maximum Gasteiger partial charge on any atom is 0.140 e. The molecular formula is C26H16N4. The monoisotopic (exact) mass is 384 g/mol. The fraction of sp³-hybridized carbons (Fsp3) is 0.0769. The summed E-state index contributed by atoms with van der Waals surface area (Å²) < 4.78 is 4.81. The molecule has 0 atom stereocenters. The topological polar surface area (TPSA) is 34.1 Å². The number of fused-ring (bicyclic) bond motifs is 12. The molecular weight excluding hydrogens is 368 g/mol. The average molecular weight is 384 g/mol. The van der Waals surface area contributed by atoms with E-state index >= 15 is 0 Å². The van der Waals surface area contributed by atoms with E-state index in [0.29, 0.717) is 0 Å². The van der Waals surface area contributed by atoms with Crippen LogP contribution in [-0.2, 0) is 0 Å². The highest BCUT2D eigenvalue weighted by Crippen LogP contribution is 2.41. The molecule has 30 heavy (non-hydrogen) atoms. The number of rotatable bonds is 0. The van der Waals surface area contributed by atoms with Crippen LogP contribution in [0.2, 0.25) is 0 Å². The van der Waals surface area contributed by atoms with E-state index in [4.69, 9.17) is 4.99 Å². The van der Waals surface area contributed by atoms with Crippen LogP contribution in [0.1, 0.15) is 6.42 Å². The lowest BCUT2D eigenvalue weighted by molar-refractivity contribution is 0.918. The van der Waals surface area contributed by atoms with Gasteiger partial charge in [-0.05, 0) is 35.4 Å². The van der Waals surface area contributed by atoms with Crippen LogP contribution < -0.4 is 10.7 Å². The minimum atomic E-state index is 0.847. The first-order valence-corrected chi connectivity index (χ1v) is 10.4. The average Bonchev–Trinajstić information content (AvgIpc) is 3.34. The molecule has 0 saturated carbocycles. The van der Waals surface area contributed by atoms with Gasteiger partial charge < -0.3 is 4.40 Å². The normalized spacial score (nSPS) is 14.3. The molecule has 0 radical (unpaired) electrons. The molecule has 0 amide bonds. The molecule has 1 aliphatic heterocycles. The lowest BCUT2D eigenvalue weighted by atomic mass is 9.99. The smallest absolute Gasteiger partial charge is 0.140 e. The van der Waals surface area contributed by atoms with E-state index in [9.17, 15) is 0 Å². The number of hydrogen-bond acceptors (Lipinski definition) is 2. The molecule has 7 aromatic rings. The summed E-state index contributed by atoms with van der Waals surface area (Å²) in [4.78, 5) is 9.49. The van der Waals surface area contributed by atoms with Crippen LogP contribution in [0.5, 0.6) is 0 Å². The predicted molar refractivity (Wildman–Crippen MR) is 122 cm³/mol. The van der Waals surface area contributed by atoms with Crippen molar-refractivity contribution in [1.29, 1.82) is 0 Å². The first kappa shape index (κ1) is 15.0. The number of para-hydroxylation sites is 2. The molecule has 5 heterocycles. The summed E-state index contributed by atoms with van der Waals surface area (Å²) in [7, 11) is 0. The fourth-order valence-corrected chi connectivity index (χ4v) is 5.68. The summed E-state index contributed by atoms with van der Waals surface area (Å²) >= 11 is 0. The van der Waals surface area contributed by atoms with E-state index in [0.717, 1.165) is 24.0 Å². The summed E-state index contributed by atoms with van der Waals surface area (Å²) in [6, 6.07) is 19.7. The van der Waals surface area contributed by atoms with Gasteiger partial charge in [0.05, 0.1) is 33.8 Å². The van der Waals surface area contributed by atoms with Gasteiger partial charge >= 0.3 is 0 Å². The van der Waals surface area contributed by atoms with Crippen LogP contribution in [0, 0.1) is 0 Å². The highest BCUT2D eigenvalue weighted by atomic mass is 15.0. The second kappa shape index (κ2) is 4.97. The van der Waals surface area contributed by atoms with Crippen molar-refractivity contribution in [2.75, 3.05) is 6.54 Å². The molecule has 0 aliphatic carbocycles. The molecule has 0 bridgehead atoms. The van der Waals surface area contributed by atoms with Gasteiger partial charge in [-0.3, -0.25) is 14.4 Å². The molecule has 4 heteroatoms. The predicted octanol–water partition coefficient (Wildman–Crippen LogP) is 4.44.